The molecule has 1 saturated heterocycles. The average Bonchev–Trinajstić information content (AvgIpc) is 2.85. The molecule has 1 aromatic rings. The second-order valence-electron chi connectivity index (χ2n) is 5.42. The van der Waals surface area contributed by atoms with Crippen LogP contribution in [0.2, 0.25) is 5.02 Å². The molecule has 2 heterocycles. The Hall–Kier alpha value is -0.580. The van der Waals surface area contributed by atoms with E-state index in [4.69, 9.17) is 16.3 Å². The van der Waals surface area contributed by atoms with Crippen molar-refractivity contribution in [2.75, 3.05) is 13.2 Å². The molecule has 1 aliphatic heterocycles. The van der Waals surface area contributed by atoms with E-state index >= 15 is 0 Å². The normalized spacial score (nSPS) is 21.1. The molecule has 114 valence electrons. The molecule has 0 radical (unpaired) electrons. The van der Waals surface area contributed by atoms with E-state index in [2.05, 4.69) is 24.3 Å². The topological polar surface area (TPSA) is 39.1 Å². The molecule has 0 spiro atoms. The Morgan fingerprint density at radius 3 is 3.00 bits per heavy atom. The minimum atomic E-state index is 0.230. The van der Waals surface area contributed by atoms with E-state index in [9.17, 15) is 0 Å². The maximum absolute atomic E-state index is 6.35. The summed E-state index contributed by atoms with van der Waals surface area (Å²) >= 11 is 6.35. The van der Waals surface area contributed by atoms with Crippen LogP contribution < -0.4 is 5.32 Å². The Morgan fingerprint density at radius 2 is 2.35 bits per heavy atom. The number of halogens is 1. The van der Waals surface area contributed by atoms with E-state index in [0.717, 1.165) is 49.7 Å². The fourth-order valence-electron chi connectivity index (χ4n) is 2.84. The molecule has 1 fully saturated rings. The zero-order chi connectivity index (χ0) is 14.4. The van der Waals surface area contributed by atoms with Gasteiger partial charge in [0.2, 0.25) is 0 Å². The maximum atomic E-state index is 6.35. The van der Waals surface area contributed by atoms with Crippen LogP contribution in [0.5, 0.6) is 0 Å². The summed E-state index contributed by atoms with van der Waals surface area (Å²) in [6, 6.07) is 0.230. The molecule has 2 rings (SSSR count). The zero-order valence-corrected chi connectivity index (χ0v) is 13.3. The fourth-order valence-corrected chi connectivity index (χ4v) is 3.11. The summed E-state index contributed by atoms with van der Waals surface area (Å²) in [5, 5.41) is 8.73. The molecule has 1 aliphatic rings. The summed E-state index contributed by atoms with van der Waals surface area (Å²) in [5.74, 6) is 0. The van der Waals surface area contributed by atoms with Crippen LogP contribution in [0, 0.1) is 0 Å². The molecule has 0 aliphatic carbocycles. The van der Waals surface area contributed by atoms with E-state index < -0.39 is 0 Å². The van der Waals surface area contributed by atoms with Crippen molar-refractivity contribution in [1.29, 1.82) is 0 Å². The standard InChI is InChI=1S/C15H26ClN3O/c1-3-8-17-14(10-12-7-5-6-9-20-12)15-13(16)11-18-19(15)4-2/h11-12,14,17H,3-10H2,1-2H3. The van der Waals surface area contributed by atoms with E-state index in [1.54, 1.807) is 6.20 Å². The predicted molar refractivity (Wildman–Crippen MR) is 82.2 cm³/mol. The summed E-state index contributed by atoms with van der Waals surface area (Å²) in [6.45, 7) is 7.01. The first-order valence-electron chi connectivity index (χ1n) is 7.82. The third-order valence-corrected chi connectivity index (χ3v) is 4.17. The molecule has 0 bridgehead atoms. The summed E-state index contributed by atoms with van der Waals surface area (Å²) in [5.41, 5.74) is 1.11. The Labute approximate surface area is 126 Å². The Kier molecular flexibility index (Phi) is 6.33. The van der Waals surface area contributed by atoms with Gasteiger partial charge in [-0.25, -0.2) is 0 Å². The Bertz CT molecular complexity index is 402. The lowest BCUT2D eigenvalue weighted by Gasteiger charge is -2.28. The van der Waals surface area contributed by atoms with Gasteiger partial charge in [-0.1, -0.05) is 18.5 Å². The molecule has 4 nitrogen and oxygen atoms in total. The number of rotatable bonds is 7. The summed E-state index contributed by atoms with van der Waals surface area (Å²) in [6.07, 6.45) is 7.80. The molecule has 2 unspecified atom stereocenters. The van der Waals surface area contributed by atoms with Crippen LogP contribution in [0.3, 0.4) is 0 Å². The van der Waals surface area contributed by atoms with Crippen molar-refractivity contribution in [2.24, 2.45) is 0 Å². The lowest BCUT2D eigenvalue weighted by Crippen LogP contribution is -2.31. The molecule has 0 aromatic carbocycles. The van der Waals surface area contributed by atoms with Crippen molar-refractivity contribution in [1.82, 2.24) is 15.1 Å². The van der Waals surface area contributed by atoms with Crippen LogP contribution in [-0.4, -0.2) is 29.0 Å². The molecule has 20 heavy (non-hydrogen) atoms. The zero-order valence-electron chi connectivity index (χ0n) is 12.6. The summed E-state index contributed by atoms with van der Waals surface area (Å²) < 4.78 is 7.89. The molecule has 2 atom stereocenters. The molecule has 0 amide bonds. The Balaban J connectivity index is 2.10. The van der Waals surface area contributed by atoms with Crippen LogP contribution in [0.4, 0.5) is 0 Å². The predicted octanol–water partition coefficient (Wildman–Crippen LogP) is 3.56. The lowest BCUT2D eigenvalue weighted by atomic mass is 9.99. The highest BCUT2D eigenvalue weighted by Gasteiger charge is 2.24. The monoisotopic (exact) mass is 299 g/mol. The fraction of sp³-hybridized carbons (Fsp3) is 0.800. The molecule has 0 saturated carbocycles. The van der Waals surface area contributed by atoms with Crippen molar-refractivity contribution >= 4 is 11.6 Å². The minimum Gasteiger partial charge on any atom is -0.378 e. The van der Waals surface area contributed by atoms with E-state index in [1.807, 2.05) is 4.68 Å². The maximum Gasteiger partial charge on any atom is 0.0834 e. The number of hydrogen-bond acceptors (Lipinski definition) is 3. The van der Waals surface area contributed by atoms with Crippen LogP contribution >= 0.6 is 11.6 Å². The number of nitrogens with one attached hydrogen (secondary N) is 1. The van der Waals surface area contributed by atoms with Gasteiger partial charge in [-0.3, -0.25) is 4.68 Å². The van der Waals surface area contributed by atoms with Crippen molar-refractivity contribution < 1.29 is 4.74 Å². The van der Waals surface area contributed by atoms with E-state index in [1.165, 1.54) is 12.8 Å². The SMILES string of the molecule is CCCNC(CC1CCCCO1)c1c(Cl)cnn1CC. The van der Waals surface area contributed by atoms with Crippen molar-refractivity contribution in [3.8, 4) is 0 Å². The van der Waals surface area contributed by atoms with Crippen LogP contribution in [0.1, 0.15) is 57.7 Å². The van der Waals surface area contributed by atoms with Gasteiger partial charge in [-0.2, -0.15) is 5.10 Å². The molecule has 1 aromatic heterocycles. The number of aromatic nitrogens is 2. The van der Waals surface area contributed by atoms with Gasteiger partial charge in [0, 0.05) is 13.2 Å². The van der Waals surface area contributed by atoms with Gasteiger partial charge in [-0.05, 0) is 45.6 Å². The number of aryl methyl sites for hydroxylation is 1. The molecule has 5 heteroatoms. The average molecular weight is 300 g/mol. The van der Waals surface area contributed by atoms with Crippen LogP contribution in [0.25, 0.3) is 0 Å². The highest BCUT2D eigenvalue weighted by molar-refractivity contribution is 6.31. The van der Waals surface area contributed by atoms with Gasteiger partial charge < -0.3 is 10.1 Å². The Morgan fingerprint density at radius 1 is 1.50 bits per heavy atom. The quantitative estimate of drug-likeness (QED) is 0.837. The summed E-state index contributed by atoms with van der Waals surface area (Å²) in [7, 11) is 0. The van der Waals surface area contributed by atoms with Gasteiger partial charge in [0.05, 0.1) is 29.1 Å². The van der Waals surface area contributed by atoms with Gasteiger partial charge in [-0.15, -0.1) is 0 Å². The van der Waals surface area contributed by atoms with Gasteiger partial charge in [0.1, 0.15) is 0 Å². The molecule has 1 N–H and O–H groups in total. The highest BCUT2D eigenvalue weighted by atomic mass is 35.5. The minimum absolute atomic E-state index is 0.230. The second-order valence-corrected chi connectivity index (χ2v) is 5.83. The smallest absolute Gasteiger partial charge is 0.0834 e. The second kappa shape index (κ2) is 8.01. The number of hydrogen-bond donors (Lipinski definition) is 1. The van der Waals surface area contributed by atoms with E-state index in [-0.39, 0.29) is 6.04 Å². The molecular weight excluding hydrogens is 274 g/mol. The van der Waals surface area contributed by atoms with Crippen LogP contribution in [0.15, 0.2) is 6.20 Å². The third kappa shape index (κ3) is 3.96. The molecular formula is C15H26ClN3O. The first kappa shape index (κ1) is 15.8. The highest BCUT2D eigenvalue weighted by Crippen LogP contribution is 2.29. The third-order valence-electron chi connectivity index (χ3n) is 3.88. The van der Waals surface area contributed by atoms with Gasteiger partial charge in [0.25, 0.3) is 0 Å². The van der Waals surface area contributed by atoms with Crippen molar-refractivity contribution in [3.05, 3.63) is 16.9 Å². The van der Waals surface area contributed by atoms with E-state index in [0.29, 0.717) is 6.10 Å². The first-order chi connectivity index (χ1) is 9.76. The number of nitrogens with zero attached hydrogens (tertiary/aromatic N) is 2. The van der Waals surface area contributed by atoms with Crippen molar-refractivity contribution in [3.63, 3.8) is 0 Å². The first-order valence-corrected chi connectivity index (χ1v) is 8.20. The number of ether oxygens (including phenoxy) is 1. The largest absolute Gasteiger partial charge is 0.378 e. The van der Waals surface area contributed by atoms with Gasteiger partial charge in [0.15, 0.2) is 0 Å². The van der Waals surface area contributed by atoms with Crippen LogP contribution in [-0.2, 0) is 11.3 Å². The summed E-state index contributed by atoms with van der Waals surface area (Å²) in [4.78, 5) is 0. The lowest BCUT2D eigenvalue weighted by molar-refractivity contribution is 0.00454. The van der Waals surface area contributed by atoms with Crippen molar-refractivity contribution in [2.45, 2.75) is 64.6 Å². The van der Waals surface area contributed by atoms with Gasteiger partial charge >= 0.3 is 0 Å².